The maximum Gasteiger partial charge on any atom is 0.410 e. The van der Waals surface area contributed by atoms with E-state index in [1.807, 2.05) is 18.2 Å². The predicted octanol–water partition coefficient (Wildman–Crippen LogP) is 3.34. The highest BCUT2D eigenvalue weighted by molar-refractivity contribution is 7.91. The third kappa shape index (κ3) is 9.27. The molecule has 15 nitrogen and oxygen atoms in total. The molecule has 4 fully saturated rings. The van der Waals surface area contributed by atoms with Gasteiger partial charge in [0.15, 0.2) is 0 Å². The quantitative estimate of drug-likeness (QED) is 0.284. The van der Waals surface area contributed by atoms with Crippen LogP contribution in [0.3, 0.4) is 0 Å². The zero-order valence-electron chi connectivity index (χ0n) is 32.3. The number of fused-ring (bicyclic) bond motifs is 3. The van der Waals surface area contributed by atoms with Gasteiger partial charge in [-0.1, -0.05) is 68.0 Å². The van der Waals surface area contributed by atoms with Gasteiger partial charge in [0.2, 0.25) is 33.7 Å². The van der Waals surface area contributed by atoms with Gasteiger partial charge in [0.25, 0.3) is 5.91 Å². The van der Waals surface area contributed by atoms with Crippen LogP contribution in [0.1, 0.15) is 108 Å². The standard InChI is InChI=1S/C40H53ClN6O9S/c1-24(48)42-34(25-11-6-5-7-12-25)36(50)43-32-16-9-4-2-3-8-14-27-20-40(27,38(52)45-57(54,55)29-17-18-29)44-35(49)33-19-28(22-47(33)37(32)51)56-39(53)46-21-26-13-10-15-31(41)30(26)23-46/h8,10,13-15,25,27-29,32-34H,2-7,9,11-12,16-23H2,1H3,(H,42,48)(H,43,50)(H,44,49)(H,45,52)/b14-8-/t27-,28-,32+,33+,34+,40-/m1/s1. The fourth-order valence-electron chi connectivity index (χ4n) is 8.92. The van der Waals surface area contributed by atoms with Crippen molar-refractivity contribution in [3.05, 3.63) is 46.5 Å². The van der Waals surface area contributed by atoms with E-state index < -0.39 is 80.7 Å². The van der Waals surface area contributed by atoms with Crippen molar-refractivity contribution in [3.8, 4) is 0 Å². The number of halogens is 1. The molecule has 3 aliphatic heterocycles. The van der Waals surface area contributed by atoms with Crippen LogP contribution in [0.4, 0.5) is 4.79 Å². The van der Waals surface area contributed by atoms with Gasteiger partial charge in [-0.25, -0.2) is 13.2 Å². The van der Waals surface area contributed by atoms with E-state index in [9.17, 15) is 37.2 Å². The van der Waals surface area contributed by atoms with Crippen molar-refractivity contribution >= 4 is 57.3 Å². The molecule has 0 spiro atoms. The lowest BCUT2D eigenvalue weighted by molar-refractivity contribution is -0.143. The fourth-order valence-corrected chi connectivity index (χ4v) is 10.5. The van der Waals surface area contributed by atoms with E-state index in [2.05, 4.69) is 20.7 Å². The van der Waals surface area contributed by atoms with E-state index in [0.29, 0.717) is 30.7 Å². The monoisotopic (exact) mass is 828 g/mol. The lowest BCUT2D eigenvalue weighted by atomic mass is 9.83. The molecule has 0 unspecified atom stereocenters. The van der Waals surface area contributed by atoms with Crippen LogP contribution < -0.4 is 20.7 Å². The van der Waals surface area contributed by atoms with Gasteiger partial charge < -0.3 is 25.6 Å². The number of sulfonamides is 1. The molecule has 0 aromatic heterocycles. The third-order valence-corrected chi connectivity index (χ3v) is 14.5. The molecule has 6 amide bonds. The van der Waals surface area contributed by atoms with Gasteiger partial charge in [0.05, 0.1) is 18.3 Å². The van der Waals surface area contributed by atoms with Gasteiger partial charge >= 0.3 is 6.09 Å². The summed E-state index contributed by atoms with van der Waals surface area (Å²) >= 11 is 6.39. The molecule has 17 heteroatoms. The number of amides is 6. The summed E-state index contributed by atoms with van der Waals surface area (Å²) in [6.45, 7) is 1.70. The summed E-state index contributed by atoms with van der Waals surface area (Å²) in [6, 6.07) is 2.32. The van der Waals surface area contributed by atoms with Crippen molar-refractivity contribution in [2.24, 2.45) is 11.8 Å². The van der Waals surface area contributed by atoms with Gasteiger partial charge in [-0.3, -0.25) is 33.6 Å². The molecule has 7 rings (SSSR count). The first kappa shape index (κ1) is 41.0. The van der Waals surface area contributed by atoms with Crippen LogP contribution in [0, 0.1) is 11.8 Å². The Morgan fingerprint density at radius 3 is 2.44 bits per heavy atom. The third-order valence-electron chi connectivity index (χ3n) is 12.4. The van der Waals surface area contributed by atoms with Crippen molar-refractivity contribution in [1.29, 1.82) is 0 Å². The molecular formula is C40H53ClN6O9S. The lowest BCUT2D eigenvalue weighted by Gasteiger charge is -2.33. The Morgan fingerprint density at radius 1 is 0.982 bits per heavy atom. The molecule has 4 N–H and O–H groups in total. The second-order valence-corrected chi connectivity index (χ2v) is 19.0. The van der Waals surface area contributed by atoms with Crippen molar-refractivity contribution < 1.29 is 41.9 Å². The average molecular weight is 829 g/mol. The Balaban J connectivity index is 1.15. The van der Waals surface area contributed by atoms with E-state index in [-0.39, 0.29) is 50.7 Å². The summed E-state index contributed by atoms with van der Waals surface area (Å²) in [7, 11) is -3.93. The molecule has 1 aromatic carbocycles. The number of carbonyl (C=O) groups is 6. The molecule has 0 radical (unpaired) electrons. The number of hydrogen-bond acceptors (Lipinski definition) is 9. The summed E-state index contributed by atoms with van der Waals surface area (Å²) in [4.78, 5) is 85.5. The second kappa shape index (κ2) is 17.0. The molecular weight excluding hydrogens is 776 g/mol. The summed E-state index contributed by atoms with van der Waals surface area (Å²) < 4.78 is 33.9. The Kier molecular flexibility index (Phi) is 12.2. The average Bonchev–Trinajstić information content (AvgIpc) is 4.06. The molecule has 57 heavy (non-hydrogen) atoms. The maximum absolute atomic E-state index is 14.7. The van der Waals surface area contributed by atoms with Crippen LogP contribution >= 0.6 is 11.6 Å². The second-order valence-electron chi connectivity index (χ2n) is 16.6. The normalized spacial score (nSPS) is 29.3. The predicted molar refractivity (Wildman–Crippen MR) is 208 cm³/mol. The van der Waals surface area contributed by atoms with Crippen molar-refractivity contribution in [1.82, 2.24) is 30.5 Å². The topological polar surface area (TPSA) is 200 Å². The zero-order chi connectivity index (χ0) is 40.5. The van der Waals surface area contributed by atoms with Gasteiger partial charge in [-0.15, -0.1) is 0 Å². The smallest absolute Gasteiger partial charge is 0.410 e. The number of nitrogens with one attached hydrogen (secondary N) is 4. The summed E-state index contributed by atoms with van der Waals surface area (Å²) in [5, 5.41) is 8.47. The highest BCUT2D eigenvalue weighted by atomic mass is 35.5. The summed E-state index contributed by atoms with van der Waals surface area (Å²) in [5.74, 6) is -3.47. The highest BCUT2D eigenvalue weighted by Gasteiger charge is 2.62. The molecule has 0 bridgehead atoms. The minimum atomic E-state index is -3.93. The van der Waals surface area contributed by atoms with Gasteiger partial charge in [-0.2, -0.15) is 0 Å². The SMILES string of the molecule is CC(=O)N[C@H](C(=O)N[C@H]1CCCCC/C=C\[C@@H]2C[C@@]2(C(=O)NS(=O)(=O)C2CC2)NC(=O)[C@@H]2C[C@@H](OC(=O)N3Cc4cccc(Cl)c4C3)CN2C1=O)C1CCCCC1. The number of hydrogen-bond donors (Lipinski definition) is 4. The zero-order valence-corrected chi connectivity index (χ0v) is 33.9. The van der Waals surface area contributed by atoms with E-state index in [4.69, 9.17) is 16.3 Å². The molecule has 310 valence electrons. The fraction of sp³-hybridized carbons (Fsp3) is 0.650. The van der Waals surface area contributed by atoms with Gasteiger partial charge in [0.1, 0.15) is 29.8 Å². The number of rotatable bonds is 8. The Morgan fingerprint density at radius 2 is 1.72 bits per heavy atom. The molecule has 6 aliphatic rings. The molecule has 1 aromatic rings. The van der Waals surface area contributed by atoms with Crippen LogP contribution in [0.25, 0.3) is 0 Å². The van der Waals surface area contributed by atoms with Crippen molar-refractivity contribution in [3.63, 3.8) is 0 Å². The molecule has 1 saturated heterocycles. The minimum Gasteiger partial charge on any atom is -0.444 e. The Hall–Kier alpha value is -4.18. The van der Waals surface area contributed by atoms with Crippen LogP contribution in [0.5, 0.6) is 0 Å². The highest BCUT2D eigenvalue weighted by Crippen LogP contribution is 2.46. The molecule has 3 aliphatic carbocycles. The number of carbonyl (C=O) groups excluding carboxylic acids is 6. The van der Waals surface area contributed by atoms with Crippen molar-refractivity contribution in [2.45, 2.75) is 145 Å². The number of benzene rings is 1. The molecule has 3 saturated carbocycles. The molecule has 3 heterocycles. The van der Waals surface area contributed by atoms with Crippen LogP contribution in [0.2, 0.25) is 5.02 Å². The first-order chi connectivity index (χ1) is 27.3. The number of allylic oxidation sites excluding steroid dienone is 1. The summed E-state index contributed by atoms with van der Waals surface area (Å²) in [6.07, 6.45) is 10.6. The van der Waals surface area contributed by atoms with E-state index in [0.717, 1.165) is 56.1 Å². The van der Waals surface area contributed by atoms with Gasteiger partial charge in [0, 0.05) is 30.8 Å². The first-order valence-electron chi connectivity index (χ1n) is 20.4. The minimum absolute atomic E-state index is 0.0925. The Bertz CT molecular complexity index is 1920. The van der Waals surface area contributed by atoms with E-state index in [1.165, 1.54) is 16.7 Å². The number of nitrogens with zero attached hydrogens (tertiary/aromatic N) is 2. The van der Waals surface area contributed by atoms with Crippen LogP contribution in [0.15, 0.2) is 30.4 Å². The van der Waals surface area contributed by atoms with Crippen molar-refractivity contribution in [2.75, 3.05) is 6.54 Å². The summed E-state index contributed by atoms with van der Waals surface area (Å²) in [5.41, 5.74) is 0.145. The lowest BCUT2D eigenvalue weighted by Crippen LogP contribution is -2.59. The Labute approximate surface area is 338 Å². The number of ether oxygens (including phenoxy) is 1. The van der Waals surface area contributed by atoms with Gasteiger partial charge in [-0.05, 0) is 74.5 Å². The van der Waals surface area contributed by atoms with E-state index in [1.54, 1.807) is 12.1 Å². The molecule has 6 atom stereocenters. The van der Waals surface area contributed by atoms with Crippen LogP contribution in [-0.4, -0.2) is 95.4 Å². The first-order valence-corrected chi connectivity index (χ1v) is 22.3. The maximum atomic E-state index is 14.7. The largest absolute Gasteiger partial charge is 0.444 e. The van der Waals surface area contributed by atoms with Crippen LogP contribution in [-0.2, 0) is 51.8 Å². The van der Waals surface area contributed by atoms with E-state index >= 15 is 0 Å².